The third-order valence-corrected chi connectivity index (χ3v) is 4.02. The summed E-state index contributed by atoms with van der Waals surface area (Å²) < 4.78 is 7.24. The number of nitro groups is 1. The Morgan fingerprint density at radius 1 is 1.50 bits per heavy atom. The molecule has 1 saturated heterocycles. The molecule has 3 heterocycles. The third kappa shape index (κ3) is 2.56. The average Bonchev–Trinajstić information content (AvgIpc) is 2.95. The summed E-state index contributed by atoms with van der Waals surface area (Å²) >= 11 is 0. The van der Waals surface area contributed by atoms with Crippen molar-refractivity contribution in [1.29, 1.82) is 0 Å². The largest absolute Gasteiger partial charge is 0.465 e. The van der Waals surface area contributed by atoms with Gasteiger partial charge in [-0.3, -0.25) is 4.90 Å². The highest BCUT2D eigenvalue weighted by molar-refractivity contribution is 5.65. The van der Waals surface area contributed by atoms with E-state index in [0.717, 1.165) is 0 Å². The number of fused-ring (bicyclic) bond motifs is 1. The van der Waals surface area contributed by atoms with E-state index in [0.29, 0.717) is 39.3 Å². The van der Waals surface area contributed by atoms with Crippen LogP contribution in [-0.4, -0.2) is 73.8 Å². The quantitative estimate of drug-likeness (QED) is 0.628. The van der Waals surface area contributed by atoms with Crippen molar-refractivity contribution in [3.63, 3.8) is 0 Å². The third-order valence-electron chi connectivity index (χ3n) is 4.02. The van der Waals surface area contributed by atoms with Gasteiger partial charge in [0.15, 0.2) is 5.60 Å². The molecule has 0 aromatic carbocycles. The van der Waals surface area contributed by atoms with E-state index in [2.05, 4.69) is 9.88 Å². The normalized spacial score (nSPS) is 24.9. The van der Waals surface area contributed by atoms with Crippen LogP contribution in [0.15, 0.2) is 6.20 Å². The van der Waals surface area contributed by atoms with E-state index in [9.17, 15) is 14.9 Å². The number of nitrogens with zero attached hydrogens (tertiary/aromatic N) is 5. The van der Waals surface area contributed by atoms with Crippen LogP contribution in [0.2, 0.25) is 0 Å². The summed E-state index contributed by atoms with van der Waals surface area (Å²) in [5.74, 6) is -0.0746. The Morgan fingerprint density at radius 3 is 2.77 bits per heavy atom. The summed E-state index contributed by atoms with van der Waals surface area (Å²) in [5, 5.41) is 19.9. The summed E-state index contributed by atoms with van der Waals surface area (Å²) in [6.07, 6.45) is 0.291. The molecule has 1 atom stereocenters. The molecule has 1 unspecified atom stereocenters. The Bertz CT molecular complexity index is 609. The summed E-state index contributed by atoms with van der Waals surface area (Å²) in [6.45, 7) is 4.96. The van der Waals surface area contributed by atoms with Gasteiger partial charge in [-0.25, -0.2) is 4.79 Å². The van der Waals surface area contributed by atoms with Crippen molar-refractivity contribution in [2.45, 2.75) is 19.1 Å². The monoisotopic (exact) mass is 311 g/mol. The second-order valence-corrected chi connectivity index (χ2v) is 5.84. The standard InChI is InChI=1S/C12H17N5O5/c1-12(7-14-2-4-15(5-3-14)11(18)19)8-16-9(17(20)21)6-13-10(16)22-12/h6H,2-5,7-8H2,1H3,(H,18,19). The maximum Gasteiger partial charge on any atom is 0.407 e. The van der Waals surface area contributed by atoms with Crippen LogP contribution in [0.4, 0.5) is 10.6 Å². The fourth-order valence-corrected chi connectivity index (χ4v) is 2.97. The van der Waals surface area contributed by atoms with E-state index in [4.69, 9.17) is 9.84 Å². The lowest BCUT2D eigenvalue weighted by Gasteiger charge is -2.36. The molecule has 10 nitrogen and oxygen atoms in total. The zero-order valence-electron chi connectivity index (χ0n) is 12.1. The molecule has 0 aliphatic carbocycles. The number of carbonyl (C=O) groups is 1. The first-order valence-corrected chi connectivity index (χ1v) is 6.97. The number of aromatic nitrogens is 2. The summed E-state index contributed by atoms with van der Waals surface area (Å²) in [4.78, 5) is 28.8. The molecule has 120 valence electrons. The highest BCUT2D eigenvalue weighted by Crippen LogP contribution is 2.33. The topological polar surface area (TPSA) is 114 Å². The van der Waals surface area contributed by atoms with Crippen LogP contribution in [0.25, 0.3) is 0 Å². The van der Waals surface area contributed by atoms with E-state index in [1.807, 2.05) is 6.92 Å². The van der Waals surface area contributed by atoms with Crippen molar-refractivity contribution in [2.24, 2.45) is 0 Å². The molecule has 2 aliphatic rings. The van der Waals surface area contributed by atoms with Gasteiger partial charge >= 0.3 is 17.9 Å². The van der Waals surface area contributed by atoms with E-state index in [1.165, 1.54) is 15.7 Å². The number of imidazole rings is 1. The first-order chi connectivity index (χ1) is 10.4. The molecule has 1 amide bonds. The van der Waals surface area contributed by atoms with Gasteiger partial charge in [0.25, 0.3) is 0 Å². The highest BCUT2D eigenvalue weighted by atomic mass is 16.6. The van der Waals surface area contributed by atoms with E-state index in [-0.39, 0.29) is 11.8 Å². The number of piperazine rings is 1. The van der Waals surface area contributed by atoms with Gasteiger partial charge in [0.05, 0.1) is 0 Å². The van der Waals surface area contributed by atoms with Crippen molar-refractivity contribution in [2.75, 3.05) is 32.7 Å². The Hall–Kier alpha value is -2.36. The summed E-state index contributed by atoms with van der Waals surface area (Å²) in [5.41, 5.74) is -0.597. The lowest BCUT2D eigenvalue weighted by molar-refractivity contribution is -0.392. The number of hydrogen-bond donors (Lipinski definition) is 1. The molecule has 22 heavy (non-hydrogen) atoms. The highest BCUT2D eigenvalue weighted by Gasteiger charge is 2.44. The molecular weight excluding hydrogens is 294 g/mol. The fourth-order valence-electron chi connectivity index (χ4n) is 2.97. The lowest BCUT2D eigenvalue weighted by atomic mass is 10.1. The van der Waals surface area contributed by atoms with E-state index >= 15 is 0 Å². The van der Waals surface area contributed by atoms with Crippen LogP contribution in [0.5, 0.6) is 6.01 Å². The zero-order chi connectivity index (χ0) is 15.9. The molecule has 1 fully saturated rings. The van der Waals surface area contributed by atoms with Gasteiger partial charge in [0.1, 0.15) is 12.7 Å². The molecule has 10 heteroatoms. The second kappa shape index (κ2) is 5.13. The van der Waals surface area contributed by atoms with Crippen LogP contribution in [0.1, 0.15) is 6.92 Å². The predicted molar refractivity (Wildman–Crippen MR) is 74.0 cm³/mol. The molecule has 1 aromatic heterocycles. The van der Waals surface area contributed by atoms with Crippen LogP contribution < -0.4 is 4.74 Å². The smallest absolute Gasteiger partial charge is 0.407 e. The first kappa shape index (κ1) is 14.6. The molecule has 0 saturated carbocycles. The van der Waals surface area contributed by atoms with Crippen LogP contribution in [0, 0.1) is 10.1 Å². The average molecular weight is 311 g/mol. The maximum absolute atomic E-state index is 10.9. The van der Waals surface area contributed by atoms with Crippen LogP contribution >= 0.6 is 0 Å². The van der Waals surface area contributed by atoms with Crippen molar-refractivity contribution in [3.8, 4) is 6.01 Å². The molecular formula is C12H17N5O5. The minimum atomic E-state index is -0.904. The van der Waals surface area contributed by atoms with E-state index in [1.54, 1.807) is 0 Å². The SMILES string of the molecule is CC1(CN2CCN(C(=O)O)CC2)Cn2c([N+](=O)[O-])cnc2O1. The predicted octanol–water partition coefficient (Wildman–Crippen LogP) is 0.238. The molecule has 0 bridgehead atoms. The Balaban J connectivity index is 1.62. The molecule has 2 aliphatic heterocycles. The lowest BCUT2D eigenvalue weighted by Crippen LogP contribution is -2.53. The van der Waals surface area contributed by atoms with E-state index < -0.39 is 16.6 Å². The van der Waals surface area contributed by atoms with Crippen molar-refractivity contribution in [3.05, 3.63) is 16.3 Å². The second-order valence-electron chi connectivity index (χ2n) is 5.84. The fraction of sp³-hybridized carbons (Fsp3) is 0.667. The van der Waals surface area contributed by atoms with Gasteiger partial charge < -0.3 is 24.9 Å². The van der Waals surface area contributed by atoms with Gasteiger partial charge in [-0.1, -0.05) is 0 Å². The van der Waals surface area contributed by atoms with Crippen LogP contribution in [0.3, 0.4) is 0 Å². The number of carboxylic acid groups (broad SMARTS) is 1. The summed E-state index contributed by atoms with van der Waals surface area (Å²) in [7, 11) is 0. The van der Waals surface area contributed by atoms with Gasteiger partial charge in [0, 0.05) is 32.7 Å². The van der Waals surface area contributed by atoms with Crippen LogP contribution in [-0.2, 0) is 6.54 Å². The Morgan fingerprint density at radius 2 is 2.18 bits per heavy atom. The number of rotatable bonds is 3. The Labute approximate surface area is 126 Å². The first-order valence-electron chi connectivity index (χ1n) is 6.97. The minimum Gasteiger partial charge on any atom is -0.465 e. The molecule has 0 spiro atoms. The zero-order valence-corrected chi connectivity index (χ0v) is 12.1. The van der Waals surface area contributed by atoms with Gasteiger partial charge in [-0.2, -0.15) is 9.55 Å². The van der Waals surface area contributed by atoms with Crippen molar-refractivity contribution < 1.29 is 19.6 Å². The maximum atomic E-state index is 10.9. The number of amides is 1. The van der Waals surface area contributed by atoms with Crippen molar-refractivity contribution >= 4 is 11.9 Å². The molecule has 1 N–H and O–H groups in total. The molecule has 1 aromatic rings. The van der Waals surface area contributed by atoms with Gasteiger partial charge in [-0.05, 0) is 11.8 Å². The minimum absolute atomic E-state index is 0.0746. The number of ether oxygens (including phenoxy) is 1. The molecule has 3 rings (SSSR count). The van der Waals surface area contributed by atoms with Crippen molar-refractivity contribution in [1.82, 2.24) is 19.4 Å². The molecule has 0 radical (unpaired) electrons. The van der Waals surface area contributed by atoms with Gasteiger partial charge in [0.2, 0.25) is 0 Å². The van der Waals surface area contributed by atoms with Gasteiger partial charge in [-0.15, -0.1) is 0 Å². The number of hydrogen-bond acceptors (Lipinski definition) is 6. The summed E-state index contributed by atoms with van der Waals surface area (Å²) in [6, 6.07) is 0.262. The Kier molecular flexibility index (Phi) is 3.39.